The highest BCUT2D eigenvalue weighted by Gasteiger charge is 2.12. The molecule has 0 N–H and O–H groups in total. The first-order valence-electron chi connectivity index (χ1n) is 8.62. The number of rotatable bonds is 7. The van der Waals surface area contributed by atoms with E-state index in [9.17, 15) is 4.79 Å². The van der Waals surface area contributed by atoms with E-state index in [2.05, 4.69) is 20.9 Å². The average molecular weight is 465 g/mol. The largest absolute Gasteiger partial charge is 0.497 e. The zero-order valence-electron chi connectivity index (χ0n) is 15.9. The van der Waals surface area contributed by atoms with Crippen LogP contribution in [-0.4, -0.2) is 38.4 Å². The number of thiazole rings is 1. The van der Waals surface area contributed by atoms with Gasteiger partial charge in [-0.2, -0.15) is 4.99 Å². The van der Waals surface area contributed by atoms with E-state index >= 15 is 0 Å². The summed E-state index contributed by atoms with van der Waals surface area (Å²) in [6, 6.07) is 11.4. The number of amides is 1. The predicted octanol–water partition coefficient (Wildman–Crippen LogP) is 3.80. The highest BCUT2D eigenvalue weighted by atomic mass is 79.9. The van der Waals surface area contributed by atoms with Gasteiger partial charge in [0.25, 0.3) is 5.91 Å². The second-order valence-corrected chi connectivity index (χ2v) is 7.93. The van der Waals surface area contributed by atoms with Gasteiger partial charge in [-0.3, -0.25) is 4.79 Å². The van der Waals surface area contributed by atoms with Crippen LogP contribution in [0.25, 0.3) is 10.2 Å². The minimum Gasteiger partial charge on any atom is -0.497 e. The topological polar surface area (TPSA) is 62.1 Å². The lowest BCUT2D eigenvalue weighted by atomic mass is 10.1. The quantitative estimate of drug-likeness (QED) is 0.533. The van der Waals surface area contributed by atoms with Crippen LogP contribution in [0, 0.1) is 0 Å². The number of ether oxygens (including phenoxy) is 3. The number of nitrogens with zero attached hydrogens (tertiary/aromatic N) is 2. The van der Waals surface area contributed by atoms with Crippen molar-refractivity contribution in [1.82, 2.24) is 4.57 Å². The molecular weight excluding hydrogens is 444 g/mol. The van der Waals surface area contributed by atoms with Gasteiger partial charge in [-0.15, -0.1) is 0 Å². The molecule has 0 aliphatic rings. The molecule has 0 radical (unpaired) electrons. The van der Waals surface area contributed by atoms with Crippen molar-refractivity contribution in [3.8, 4) is 11.5 Å². The molecule has 0 fully saturated rings. The fraction of sp³-hybridized carbons (Fsp3) is 0.300. The van der Waals surface area contributed by atoms with Gasteiger partial charge in [0.2, 0.25) is 0 Å². The smallest absolute Gasteiger partial charge is 0.252 e. The second-order valence-electron chi connectivity index (χ2n) is 6.00. The summed E-state index contributed by atoms with van der Waals surface area (Å²) < 4.78 is 19.9. The third-order valence-electron chi connectivity index (χ3n) is 4.22. The molecule has 8 heteroatoms. The number of carbonyl (C=O) groups excluding carboxylic acids is 1. The molecule has 0 atom stereocenters. The minimum atomic E-state index is -0.236. The lowest BCUT2D eigenvalue weighted by Crippen LogP contribution is -2.19. The van der Waals surface area contributed by atoms with Gasteiger partial charge in [0.15, 0.2) is 4.80 Å². The van der Waals surface area contributed by atoms with Gasteiger partial charge in [0.05, 0.1) is 37.5 Å². The number of carbonyl (C=O) groups is 1. The van der Waals surface area contributed by atoms with Gasteiger partial charge in [-0.05, 0) is 24.3 Å². The van der Waals surface area contributed by atoms with Crippen molar-refractivity contribution in [3.05, 3.63) is 51.2 Å². The third-order valence-corrected chi connectivity index (χ3v) is 5.75. The molecule has 148 valence electrons. The van der Waals surface area contributed by atoms with E-state index < -0.39 is 0 Å². The number of fused-ring (bicyclic) bond motifs is 1. The molecule has 3 rings (SSSR count). The maximum Gasteiger partial charge on any atom is 0.252 e. The molecule has 6 nitrogen and oxygen atoms in total. The average Bonchev–Trinajstić information content (AvgIpc) is 3.02. The lowest BCUT2D eigenvalue weighted by molar-refractivity contribution is -0.117. The van der Waals surface area contributed by atoms with Gasteiger partial charge in [0, 0.05) is 29.8 Å². The lowest BCUT2D eigenvalue weighted by Gasteiger charge is -2.09. The van der Waals surface area contributed by atoms with Crippen molar-refractivity contribution >= 4 is 43.4 Å². The van der Waals surface area contributed by atoms with Gasteiger partial charge < -0.3 is 18.8 Å². The zero-order valence-corrected chi connectivity index (χ0v) is 18.3. The molecule has 2 aromatic carbocycles. The van der Waals surface area contributed by atoms with E-state index in [1.54, 1.807) is 33.5 Å². The molecule has 0 saturated carbocycles. The Morgan fingerprint density at radius 1 is 1.14 bits per heavy atom. The summed E-state index contributed by atoms with van der Waals surface area (Å²) >= 11 is 4.97. The maximum atomic E-state index is 12.7. The molecule has 0 unspecified atom stereocenters. The van der Waals surface area contributed by atoms with E-state index in [-0.39, 0.29) is 12.3 Å². The fourth-order valence-corrected chi connectivity index (χ4v) is 4.46. The van der Waals surface area contributed by atoms with Crippen molar-refractivity contribution < 1.29 is 19.0 Å². The van der Waals surface area contributed by atoms with Crippen molar-refractivity contribution in [3.63, 3.8) is 0 Å². The SMILES string of the molecule is COCCn1c(=NC(=O)Cc2ccc(OC)cc2OC)sc2cc(Br)ccc21. The molecule has 0 bridgehead atoms. The van der Waals surface area contributed by atoms with Crippen LogP contribution in [0.4, 0.5) is 0 Å². The van der Waals surface area contributed by atoms with Gasteiger partial charge in [0.1, 0.15) is 11.5 Å². The summed E-state index contributed by atoms with van der Waals surface area (Å²) in [7, 11) is 4.82. The van der Waals surface area contributed by atoms with E-state index in [1.165, 1.54) is 11.3 Å². The van der Waals surface area contributed by atoms with Crippen LogP contribution < -0.4 is 14.3 Å². The van der Waals surface area contributed by atoms with Crippen LogP contribution in [0.2, 0.25) is 0 Å². The summed E-state index contributed by atoms with van der Waals surface area (Å²) in [6.07, 6.45) is 0.148. The Morgan fingerprint density at radius 2 is 1.96 bits per heavy atom. The van der Waals surface area contributed by atoms with Gasteiger partial charge in [-0.1, -0.05) is 33.3 Å². The van der Waals surface area contributed by atoms with Crippen molar-refractivity contribution in [1.29, 1.82) is 0 Å². The van der Waals surface area contributed by atoms with E-state index in [0.717, 1.165) is 20.3 Å². The van der Waals surface area contributed by atoms with E-state index in [1.807, 2.05) is 28.8 Å². The van der Waals surface area contributed by atoms with Gasteiger partial charge >= 0.3 is 0 Å². The summed E-state index contributed by atoms with van der Waals surface area (Å²) in [5.41, 5.74) is 1.79. The zero-order chi connectivity index (χ0) is 20.1. The Bertz CT molecular complexity index is 1060. The van der Waals surface area contributed by atoms with Crippen LogP contribution in [0.1, 0.15) is 5.56 Å². The summed E-state index contributed by atoms with van der Waals surface area (Å²) in [4.78, 5) is 17.7. The van der Waals surface area contributed by atoms with Crippen molar-refractivity contribution in [2.75, 3.05) is 27.9 Å². The van der Waals surface area contributed by atoms with Crippen LogP contribution in [0.15, 0.2) is 45.9 Å². The van der Waals surface area contributed by atoms with Crippen LogP contribution in [0.3, 0.4) is 0 Å². The standard InChI is InChI=1S/C20H21BrN2O4S/c1-25-9-8-23-16-7-5-14(21)11-18(16)28-20(23)22-19(24)10-13-4-6-15(26-2)12-17(13)27-3/h4-7,11-12H,8-10H2,1-3H3. The third kappa shape index (κ3) is 4.63. The molecule has 28 heavy (non-hydrogen) atoms. The Labute approximate surface area is 175 Å². The predicted molar refractivity (Wildman–Crippen MR) is 113 cm³/mol. The van der Waals surface area contributed by atoms with Crippen molar-refractivity contribution in [2.45, 2.75) is 13.0 Å². The molecule has 0 spiro atoms. The normalized spacial score (nSPS) is 11.8. The monoisotopic (exact) mass is 464 g/mol. The maximum absolute atomic E-state index is 12.7. The number of methoxy groups -OCH3 is 3. The number of hydrogen-bond donors (Lipinski definition) is 0. The molecule has 0 aliphatic carbocycles. The molecule has 1 amide bonds. The molecule has 1 heterocycles. The Balaban J connectivity index is 1.96. The Hall–Kier alpha value is -2.16. The van der Waals surface area contributed by atoms with E-state index in [4.69, 9.17) is 14.2 Å². The summed E-state index contributed by atoms with van der Waals surface area (Å²) in [5.74, 6) is 1.05. The van der Waals surface area contributed by atoms with Crippen LogP contribution >= 0.6 is 27.3 Å². The first-order chi connectivity index (χ1) is 13.5. The number of halogens is 1. The number of hydrogen-bond acceptors (Lipinski definition) is 5. The number of aromatic nitrogens is 1. The fourth-order valence-electron chi connectivity index (χ4n) is 2.84. The number of benzene rings is 2. The first kappa shape index (κ1) is 20.6. The Kier molecular flexibility index (Phi) is 6.88. The van der Waals surface area contributed by atoms with Gasteiger partial charge in [-0.25, -0.2) is 0 Å². The van der Waals surface area contributed by atoms with Crippen LogP contribution in [-0.2, 0) is 22.5 Å². The second kappa shape index (κ2) is 9.36. The first-order valence-corrected chi connectivity index (χ1v) is 10.2. The molecule has 0 aliphatic heterocycles. The van der Waals surface area contributed by atoms with E-state index in [0.29, 0.717) is 29.5 Å². The molecule has 1 aromatic heterocycles. The highest BCUT2D eigenvalue weighted by Crippen LogP contribution is 2.25. The van der Waals surface area contributed by atoms with Crippen LogP contribution in [0.5, 0.6) is 11.5 Å². The summed E-state index contributed by atoms with van der Waals surface area (Å²) in [5, 5.41) is 0. The summed E-state index contributed by atoms with van der Waals surface area (Å²) in [6.45, 7) is 1.16. The highest BCUT2D eigenvalue weighted by molar-refractivity contribution is 9.10. The van der Waals surface area contributed by atoms with Crippen molar-refractivity contribution in [2.24, 2.45) is 4.99 Å². The Morgan fingerprint density at radius 3 is 2.68 bits per heavy atom. The molecule has 3 aromatic rings. The molecular formula is C20H21BrN2O4S. The minimum absolute atomic E-state index is 0.148. The molecule has 0 saturated heterocycles.